The highest BCUT2D eigenvalue weighted by atomic mass is 19.4. The number of fused-ring (bicyclic) bond motifs is 3. The van der Waals surface area contributed by atoms with Gasteiger partial charge < -0.3 is 0 Å². The van der Waals surface area contributed by atoms with E-state index in [1.165, 1.54) is 18.3 Å². The van der Waals surface area contributed by atoms with Gasteiger partial charge in [-0.25, -0.2) is 4.39 Å². The maximum Gasteiger partial charge on any atom is 0.417 e. The minimum atomic E-state index is -4.72. The molecule has 0 radical (unpaired) electrons. The monoisotopic (exact) mass is 595 g/mol. The Kier molecular flexibility index (Phi) is 7.39. The predicted octanol–water partition coefficient (Wildman–Crippen LogP) is 11.2. The third kappa shape index (κ3) is 5.08. The molecule has 6 aromatic rings. The Balaban J connectivity index is 1.67. The van der Waals surface area contributed by atoms with E-state index in [-0.39, 0.29) is 39.7 Å². The summed E-state index contributed by atoms with van der Waals surface area (Å²) in [7, 11) is 0. The van der Waals surface area contributed by atoms with Crippen molar-refractivity contribution in [3.05, 3.63) is 101 Å². The van der Waals surface area contributed by atoms with Gasteiger partial charge in [-0.05, 0) is 88.0 Å². The number of benzene rings is 3. The van der Waals surface area contributed by atoms with Crippen LogP contribution in [0, 0.1) is 5.82 Å². The number of pyridine rings is 3. The number of alkyl halides is 3. The van der Waals surface area contributed by atoms with Crippen molar-refractivity contribution in [3.63, 3.8) is 0 Å². The summed E-state index contributed by atoms with van der Waals surface area (Å²) >= 11 is 0. The van der Waals surface area contributed by atoms with E-state index in [9.17, 15) is 0 Å². The highest BCUT2D eigenvalue weighted by Gasteiger charge is 2.37. The van der Waals surface area contributed by atoms with Crippen LogP contribution in [-0.2, 0) is 6.18 Å². The molecule has 224 valence electrons. The highest BCUT2D eigenvalue weighted by Crippen LogP contribution is 2.45. The molecule has 0 fully saturated rings. The van der Waals surface area contributed by atoms with Gasteiger partial charge in [0.05, 0.1) is 22.1 Å². The first-order valence-corrected chi connectivity index (χ1v) is 14.9. The summed E-state index contributed by atoms with van der Waals surface area (Å²) in [5, 5.41) is 1.11. The first-order chi connectivity index (χ1) is 20.8. The first-order valence-electron chi connectivity index (χ1n) is 14.9. The number of nitrogens with zero attached hydrogens (tertiary/aromatic N) is 3. The second-order valence-corrected chi connectivity index (χ2v) is 12.4. The van der Waals surface area contributed by atoms with E-state index in [1.54, 1.807) is 30.6 Å². The molecule has 0 unspecified atom stereocenters. The molecule has 0 saturated carbocycles. The van der Waals surface area contributed by atoms with E-state index < -0.39 is 17.6 Å². The van der Waals surface area contributed by atoms with Gasteiger partial charge in [0.2, 0.25) is 0 Å². The number of rotatable bonds is 5. The fourth-order valence-electron chi connectivity index (χ4n) is 6.11. The Morgan fingerprint density at radius 2 is 1.20 bits per heavy atom. The maximum absolute atomic E-state index is 15.1. The Bertz CT molecular complexity index is 2060. The number of halogens is 4. The Hall–Kier alpha value is -4.39. The lowest BCUT2D eigenvalue weighted by atomic mass is 9.87. The highest BCUT2D eigenvalue weighted by molar-refractivity contribution is 5.97. The van der Waals surface area contributed by atoms with Gasteiger partial charge in [-0.3, -0.25) is 15.0 Å². The van der Waals surface area contributed by atoms with Gasteiger partial charge in [-0.1, -0.05) is 53.7 Å². The van der Waals surface area contributed by atoms with Crippen molar-refractivity contribution < 1.29 is 17.6 Å². The molecule has 0 saturated heterocycles. The quantitative estimate of drug-likeness (QED) is 0.186. The number of hydrogen-bond acceptors (Lipinski definition) is 3. The fourth-order valence-corrected chi connectivity index (χ4v) is 6.11. The van der Waals surface area contributed by atoms with Gasteiger partial charge in [0.1, 0.15) is 5.82 Å². The molecular weight excluding hydrogens is 562 g/mol. The van der Waals surface area contributed by atoms with Crippen molar-refractivity contribution in [2.45, 2.75) is 65.5 Å². The lowest BCUT2D eigenvalue weighted by molar-refractivity contribution is -0.135. The maximum atomic E-state index is 15.1. The smallest absolute Gasteiger partial charge is 0.256 e. The van der Waals surface area contributed by atoms with Crippen LogP contribution in [0.25, 0.3) is 55.0 Å². The normalized spacial score (nSPS) is 12.5. The first kappa shape index (κ1) is 29.7. The van der Waals surface area contributed by atoms with Crippen molar-refractivity contribution in [3.8, 4) is 22.3 Å². The molecule has 3 aromatic carbocycles. The molecule has 0 N–H and O–H groups in total. The van der Waals surface area contributed by atoms with E-state index >= 15 is 17.6 Å². The average Bonchev–Trinajstić information content (AvgIpc) is 2.98. The van der Waals surface area contributed by atoms with E-state index in [4.69, 9.17) is 0 Å². The van der Waals surface area contributed by atoms with Crippen LogP contribution in [0.3, 0.4) is 0 Å². The predicted molar refractivity (Wildman–Crippen MR) is 170 cm³/mol. The summed E-state index contributed by atoms with van der Waals surface area (Å²) in [6.45, 7) is 11.9. The van der Waals surface area contributed by atoms with Gasteiger partial charge in [0.25, 0.3) is 0 Å². The van der Waals surface area contributed by atoms with Crippen LogP contribution in [0.5, 0.6) is 0 Å². The second-order valence-electron chi connectivity index (χ2n) is 12.4. The SMILES string of the molecule is CC(C)c1cc(-c2cnc3c(C(C)C)cc(-c4cnc5c(C(C)C)ccc(F)c5c4)c(C(F)(F)F)c3c2)cc2cccnc12. The van der Waals surface area contributed by atoms with E-state index in [1.807, 2.05) is 52.0 Å². The van der Waals surface area contributed by atoms with Crippen LogP contribution in [0.2, 0.25) is 0 Å². The average molecular weight is 596 g/mol. The van der Waals surface area contributed by atoms with Crippen LogP contribution in [0.1, 0.15) is 81.5 Å². The van der Waals surface area contributed by atoms with Gasteiger partial charge in [0.15, 0.2) is 0 Å². The van der Waals surface area contributed by atoms with Crippen LogP contribution >= 0.6 is 0 Å². The van der Waals surface area contributed by atoms with E-state index in [0.29, 0.717) is 22.2 Å². The Morgan fingerprint density at radius 1 is 0.591 bits per heavy atom. The van der Waals surface area contributed by atoms with Gasteiger partial charge >= 0.3 is 6.18 Å². The molecule has 6 rings (SSSR count). The second kappa shape index (κ2) is 11.0. The minimum Gasteiger partial charge on any atom is -0.256 e. The summed E-state index contributed by atoms with van der Waals surface area (Å²) < 4.78 is 60.5. The van der Waals surface area contributed by atoms with Crippen molar-refractivity contribution in [1.29, 1.82) is 0 Å². The zero-order valence-corrected chi connectivity index (χ0v) is 25.5. The molecule has 0 spiro atoms. The van der Waals surface area contributed by atoms with E-state index in [2.05, 4.69) is 28.8 Å². The lowest BCUT2D eigenvalue weighted by Crippen LogP contribution is -2.11. The molecular formula is C37H33F4N3. The minimum absolute atomic E-state index is 0.00470. The topological polar surface area (TPSA) is 38.7 Å². The molecule has 0 aliphatic heterocycles. The fraction of sp³-hybridized carbons (Fsp3) is 0.270. The zero-order valence-electron chi connectivity index (χ0n) is 25.5. The molecule has 0 aliphatic carbocycles. The van der Waals surface area contributed by atoms with Crippen molar-refractivity contribution in [2.75, 3.05) is 0 Å². The van der Waals surface area contributed by atoms with Crippen LogP contribution < -0.4 is 0 Å². The lowest BCUT2D eigenvalue weighted by Gasteiger charge is -2.21. The molecule has 3 aromatic heterocycles. The summed E-state index contributed by atoms with van der Waals surface area (Å²) in [4.78, 5) is 13.7. The van der Waals surface area contributed by atoms with E-state index in [0.717, 1.165) is 27.6 Å². The largest absolute Gasteiger partial charge is 0.417 e. The molecule has 3 nitrogen and oxygen atoms in total. The molecule has 7 heteroatoms. The molecule has 0 bridgehead atoms. The van der Waals surface area contributed by atoms with Crippen LogP contribution in [0.4, 0.5) is 17.6 Å². The summed E-state index contributed by atoms with van der Waals surface area (Å²) in [5.41, 5.74) is 4.86. The van der Waals surface area contributed by atoms with Crippen LogP contribution in [-0.4, -0.2) is 15.0 Å². The summed E-state index contributed by atoms with van der Waals surface area (Å²) in [6, 6.07) is 15.4. The van der Waals surface area contributed by atoms with Crippen molar-refractivity contribution in [2.24, 2.45) is 0 Å². The van der Waals surface area contributed by atoms with Crippen LogP contribution in [0.15, 0.2) is 73.2 Å². The molecule has 0 amide bonds. The Morgan fingerprint density at radius 3 is 1.86 bits per heavy atom. The molecule has 3 heterocycles. The third-order valence-corrected chi connectivity index (χ3v) is 8.36. The zero-order chi connectivity index (χ0) is 31.5. The Labute approximate surface area is 254 Å². The summed E-state index contributed by atoms with van der Waals surface area (Å²) in [5.74, 6) is -0.411. The third-order valence-electron chi connectivity index (χ3n) is 8.36. The van der Waals surface area contributed by atoms with Gasteiger partial charge in [-0.2, -0.15) is 13.2 Å². The van der Waals surface area contributed by atoms with Gasteiger partial charge in [0, 0.05) is 45.9 Å². The van der Waals surface area contributed by atoms with Gasteiger partial charge in [-0.15, -0.1) is 0 Å². The summed E-state index contributed by atoms with van der Waals surface area (Å²) in [6.07, 6.45) is 0.104. The van der Waals surface area contributed by atoms with Crippen molar-refractivity contribution in [1.82, 2.24) is 15.0 Å². The number of hydrogen-bond donors (Lipinski definition) is 0. The molecule has 0 aliphatic rings. The molecule has 0 atom stereocenters. The standard InChI is InChI=1S/C37H33F4N3/c1-19(2)26-9-10-32(38)30-15-25(18-44-35(26)30)29-16-28(21(5)6)36-31(33(29)37(39,40)41)14-24(17-43-36)23-12-22-8-7-11-42-34(22)27(13-23)20(3)4/h7-21H,1-6H3. The van der Waals surface area contributed by atoms with Crippen molar-refractivity contribution >= 4 is 32.7 Å². The molecule has 44 heavy (non-hydrogen) atoms. The number of aromatic nitrogens is 3.